The van der Waals surface area contributed by atoms with Crippen LogP contribution in [-0.4, -0.2) is 39.3 Å². The zero-order valence-electron chi connectivity index (χ0n) is 14.9. The van der Waals surface area contributed by atoms with Crippen LogP contribution in [0, 0.1) is 0 Å². The van der Waals surface area contributed by atoms with Crippen LogP contribution >= 0.6 is 0 Å². The van der Waals surface area contributed by atoms with Gasteiger partial charge in [-0.2, -0.15) is 4.68 Å². The summed E-state index contributed by atoms with van der Waals surface area (Å²) in [7, 11) is 1.39. The van der Waals surface area contributed by atoms with E-state index in [0.29, 0.717) is 11.6 Å². The van der Waals surface area contributed by atoms with Gasteiger partial charge in [0.15, 0.2) is 5.82 Å². The fourth-order valence-corrected chi connectivity index (χ4v) is 3.96. The lowest BCUT2D eigenvalue weighted by atomic mass is 9.87. The van der Waals surface area contributed by atoms with Crippen molar-refractivity contribution in [2.45, 2.75) is 31.3 Å². The molecule has 2 heterocycles. The molecule has 0 radical (unpaired) electrons. The van der Waals surface area contributed by atoms with Crippen molar-refractivity contribution in [1.29, 1.82) is 0 Å². The summed E-state index contributed by atoms with van der Waals surface area (Å²) < 4.78 is 6.63. The number of carbonyl (C=O) groups excluding carboxylic acids is 1. The van der Waals surface area contributed by atoms with Crippen LogP contribution in [0.15, 0.2) is 48.5 Å². The third-order valence-corrected chi connectivity index (χ3v) is 5.52. The second-order valence-corrected chi connectivity index (χ2v) is 6.95. The Morgan fingerprint density at radius 3 is 2.48 bits per heavy atom. The van der Waals surface area contributed by atoms with Gasteiger partial charge >= 0.3 is 5.97 Å². The number of fused-ring (bicyclic) bond motifs is 3. The van der Waals surface area contributed by atoms with Crippen LogP contribution in [0.3, 0.4) is 0 Å². The van der Waals surface area contributed by atoms with Gasteiger partial charge in [-0.25, -0.2) is 4.79 Å². The van der Waals surface area contributed by atoms with Crippen molar-refractivity contribution in [3.8, 4) is 5.69 Å². The highest BCUT2D eigenvalue weighted by atomic mass is 16.5. The number of ether oxygens (including phenoxy) is 1. The highest BCUT2D eigenvalue weighted by molar-refractivity contribution is 5.89. The van der Waals surface area contributed by atoms with Gasteiger partial charge in [0.1, 0.15) is 6.04 Å². The molecule has 27 heavy (non-hydrogen) atoms. The summed E-state index contributed by atoms with van der Waals surface area (Å²) in [5.74, 6) is 0.461. The van der Waals surface area contributed by atoms with Gasteiger partial charge in [-0.05, 0) is 59.5 Å². The first kappa shape index (κ1) is 16.0. The summed E-state index contributed by atoms with van der Waals surface area (Å²) in [6.45, 7) is 0. The van der Waals surface area contributed by atoms with E-state index < -0.39 is 0 Å². The minimum absolute atomic E-state index is 0.0908. The molecular weight excluding hydrogens is 342 g/mol. The molecule has 1 fully saturated rings. The maximum Gasteiger partial charge on any atom is 0.337 e. The molecule has 2 aliphatic rings. The van der Waals surface area contributed by atoms with Crippen molar-refractivity contribution < 1.29 is 9.53 Å². The molecule has 3 aromatic rings. The Kier molecular flexibility index (Phi) is 3.67. The van der Waals surface area contributed by atoms with Crippen LogP contribution in [-0.2, 0) is 4.74 Å². The first-order valence-corrected chi connectivity index (χ1v) is 9.12. The second kappa shape index (κ2) is 6.19. The molecule has 1 aliphatic carbocycles. The Labute approximate surface area is 156 Å². The Balaban J connectivity index is 1.65. The van der Waals surface area contributed by atoms with Crippen LogP contribution in [0.2, 0.25) is 0 Å². The highest BCUT2D eigenvalue weighted by Crippen LogP contribution is 2.45. The maximum absolute atomic E-state index is 11.8. The molecular formula is C20H19N5O2. The van der Waals surface area contributed by atoms with Crippen molar-refractivity contribution in [3.05, 3.63) is 65.5 Å². The first-order chi connectivity index (χ1) is 13.3. The third kappa shape index (κ3) is 2.42. The Morgan fingerprint density at radius 1 is 1.07 bits per heavy atom. The fourth-order valence-electron chi connectivity index (χ4n) is 3.96. The normalized spacial score (nSPS) is 18.4. The fraction of sp³-hybridized carbons (Fsp3) is 0.300. The summed E-state index contributed by atoms with van der Waals surface area (Å²) in [4.78, 5) is 14.2. The smallest absolute Gasteiger partial charge is 0.337 e. The van der Waals surface area contributed by atoms with Crippen LogP contribution in [0.25, 0.3) is 5.69 Å². The SMILES string of the molecule is COC(=O)c1ccc(C2c3nnnn3-c3ccccc3N2C2CCC2)cc1. The van der Waals surface area contributed by atoms with Crippen LogP contribution in [0.1, 0.15) is 47.1 Å². The number of tetrazole rings is 1. The number of aromatic nitrogens is 4. The summed E-state index contributed by atoms with van der Waals surface area (Å²) in [5, 5.41) is 12.5. The number of hydrogen-bond donors (Lipinski definition) is 0. The lowest BCUT2D eigenvalue weighted by Crippen LogP contribution is -2.46. The molecule has 0 saturated heterocycles. The molecule has 1 atom stereocenters. The summed E-state index contributed by atoms with van der Waals surface area (Å²) in [6.07, 6.45) is 3.56. The maximum atomic E-state index is 11.8. The molecule has 2 aromatic carbocycles. The van der Waals surface area contributed by atoms with E-state index in [9.17, 15) is 4.79 Å². The minimum Gasteiger partial charge on any atom is -0.465 e. The Morgan fingerprint density at radius 2 is 1.81 bits per heavy atom. The predicted octanol–water partition coefficient (Wildman–Crippen LogP) is 2.91. The van der Waals surface area contributed by atoms with E-state index in [2.05, 4.69) is 38.6 Å². The van der Waals surface area contributed by atoms with Crippen molar-refractivity contribution in [2.75, 3.05) is 12.0 Å². The van der Waals surface area contributed by atoms with Crippen molar-refractivity contribution in [1.82, 2.24) is 20.2 Å². The monoisotopic (exact) mass is 361 g/mol. The van der Waals surface area contributed by atoms with Gasteiger partial charge in [0.25, 0.3) is 0 Å². The van der Waals surface area contributed by atoms with E-state index in [1.807, 2.05) is 22.9 Å². The molecule has 136 valence electrons. The molecule has 1 aliphatic heterocycles. The van der Waals surface area contributed by atoms with Crippen molar-refractivity contribution in [2.24, 2.45) is 0 Å². The summed E-state index contributed by atoms with van der Waals surface area (Å²) in [5.41, 5.74) is 3.74. The molecule has 1 saturated carbocycles. The number of benzene rings is 2. The minimum atomic E-state index is -0.337. The van der Waals surface area contributed by atoms with Gasteiger partial charge < -0.3 is 9.64 Å². The van der Waals surface area contributed by atoms with E-state index in [-0.39, 0.29) is 12.0 Å². The van der Waals surface area contributed by atoms with E-state index >= 15 is 0 Å². The van der Waals surface area contributed by atoms with Gasteiger partial charge in [-0.15, -0.1) is 5.10 Å². The van der Waals surface area contributed by atoms with Crippen LogP contribution < -0.4 is 4.90 Å². The molecule has 1 unspecified atom stereocenters. The van der Waals surface area contributed by atoms with Crippen molar-refractivity contribution in [3.63, 3.8) is 0 Å². The lowest BCUT2D eigenvalue weighted by molar-refractivity contribution is 0.0600. The third-order valence-electron chi connectivity index (χ3n) is 5.52. The number of para-hydroxylation sites is 2. The molecule has 1 aromatic heterocycles. The summed E-state index contributed by atoms with van der Waals surface area (Å²) in [6, 6.07) is 16.2. The van der Waals surface area contributed by atoms with Crippen LogP contribution in [0.4, 0.5) is 5.69 Å². The molecule has 0 bridgehead atoms. The van der Waals surface area contributed by atoms with Gasteiger partial charge in [-0.3, -0.25) is 0 Å². The highest BCUT2D eigenvalue weighted by Gasteiger charge is 2.40. The van der Waals surface area contributed by atoms with Gasteiger partial charge in [0, 0.05) is 6.04 Å². The molecule has 0 amide bonds. The number of esters is 1. The van der Waals surface area contributed by atoms with E-state index in [4.69, 9.17) is 4.74 Å². The zero-order valence-corrected chi connectivity index (χ0v) is 14.9. The number of anilines is 1. The van der Waals surface area contributed by atoms with Gasteiger partial charge in [-0.1, -0.05) is 24.3 Å². The van der Waals surface area contributed by atoms with E-state index in [1.54, 1.807) is 12.1 Å². The Hall–Kier alpha value is -3.22. The Bertz CT molecular complexity index is 994. The molecule has 5 rings (SSSR count). The molecule has 7 heteroatoms. The quantitative estimate of drug-likeness (QED) is 0.668. The topological polar surface area (TPSA) is 73.1 Å². The second-order valence-electron chi connectivity index (χ2n) is 6.95. The number of hydrogen-bond acceptors (Lipinski definition) is 6. The lowest BCUT2D eigenvalue weighted by Gasteiger charge is -2.46. The van der Waals surface area contributed by atoms with Crippen molar-refractivity contribution >= 4 is 11.7 Å². The molecule has 0 N–H and O–H groups in total. The number of carbonyl (C=O) groups is 1. The average molecular weight is 361 g/mol. The standard InChI is InChI=1S/C20H19N5O2/c1-27-20(26)14-11-9-13(10-12-14)18-19-21-22-23-25(19)17-8-3-2-7-16(17)24(18)15-5-4-6-15/h2-3,7-12,15,18H,4-6H2,1H3. The number of nitrogens with zero attached hydrogens (tertiary/aromatic N) is 5. The zero-order chi connectivity index (χ0) is 18.4. The van der Waals surface area contributed by atoms with Crippen LogP contribution in [0.5, 0.6) is 0 Å². The molecule has 0 spiro atoms. The van der Waals surface area contributed by atoms with E-state index in [1.165, 1.54) is 13.5 Å². The van der Waals surface area contributed by atoms with Gasteiger partial charge in [0.2, 0.25) is 0 Å². The summed E-state index contributed by atoms with van der Waals surface area (Å²) >= 11 is 0. The molecule has 7 nitrogen and oxygen atoms in total. The number of rotatable bonds is 3. The predicted molar refractivity (Wildman–Crippen MR) is 98.9 cm³/mol. The largest absolute Gasteiger partial charge is 0.465 e. The van der Waals surface area contributed by atoms with E-state index in [0.717, 1.165) is 35.6 Å². The first-order valence-electron chi connectivity index (χ1n) is 9.12. The average Bonchev–Trinajstić information content (AvgIpc) is 3.16. The van der Waals surface area contributed by atoms with Gasteiger partial charge in [0.05, 0.1) is 24.0 Å². The number of methoxy groups -OCH3 is 1.